The number of nitrogens with zero attached hydrogens (tertiary/aromatic N) is 3. The van der Waals surface area contributed by atoms with Crippen molar-refractivity contribution in [3.05, 3.63) is 29.8 Å². The molecular weight excluding hydrogens is 555 g/mol. The molecule has 2 amide bonds. The Hall–Kier alpha value is -3.43. The zero-order valence-corrected chi connectivity index (χ0v) is 21.1. The van der Waals surface area contributed by atoms with Gasteiger partial charge in [0.1, 0.15) is 11.7 Å². The number of carbonyl (C=O) groups excluding carboxylic acids is 2. The van der Waals surface area contributed by atoms with Crippen molar-refractivity contribution in [2.24, 2.45) is 5.92 Å². The first kappa shape index (κ1) is 29.6. The normalized spacial score (nSPS) is 25.9. The van der Waals surface area contributed by atoms with Crippen LogP contribution in [0.5, 0.6) is 5.88 Å². The van der Waals surface area contributed by atoms with Crippen LogP contribution in [0.4, 0.5) is 30.7 Å². The third-order valence-corrected chi connectivity index (χ3v) is 7.42. The predicted octanol–water partition coefficient (Wildman–Crippen LogP) is 3.75. The number of aliphatic hydroxyl groups is 1. The first-order chi connectivity index (χ1) is 18.6. The van der Waals surface area contributed by atoms with E-state index in [1.165, 1.54) is 13.2 Å². The van der Waals surface area contributed by atoms with E-state index in [0.717, 1.165) is 12.3 Å². The zero-order chi connectivity index (χ0) is 29.5. The van der Waals surface area contributed by atoms with Gasteiger partial charge in [0.05, 0.1) is 19.0 Å². The zero-order valence-electron chi connectivity index (χ0n) is 21.1. The Morgan fingerprint density at radius 2 is 1.82 bits per heavy atom. The van der Waals surface area contributed by atoms with Crippen LogP contribution in [0, 0.1) is 11.7 Å². The predicted molar refractivity (Wildman–Crippen MR) is 123 cm³/mol. The number of pyridine rings is 1. The van der Waals surface area contributed by atoms with Gasteiger partial charge < -0.3 is 20.1 Å². The maximum Gasteiger partial charge on any atom is 0.417 e. The number of halogens is 7. The average molecular weight is 581 g/mol. The summed E-state index contributed by atoms with van der Waals surface area (Å²) >= 11 is 0. The van der Waals surface area contributed by atoms with Crippen molar-refractivity contribution < 1.29 is 50.2 Å². The molecule has 1 aliphatic carbocycles. The molecule has 1 saturated carbocycles. The van der Waals surface area contributed by atoms with Gasteiger partial charge in [-0.3, -0.25) is 14.7 Å². The van der Waals surface area contributed by atoms with Gasteiger partial charge in [0, 0.05) is 30.1 Å². The van der Waals surface area contributed by atoms with Gasteiger partial charge in [0.2, 0.25) is 11.8 Å². The van der Waals surface area contributed by atoms with Crippen LogP contribution in [0.3, 0.4) is 0 Å². The van der Waals surface area contributed by atoms with E-state index in [1.807, 2.05) is 0 Å². The quantitative estimate of drug-likeness (QED) is 0.463. The molecule has 0 bridgehead atoms. The van der Waals surface area contributed by atoms with Gasteiger partial charge in [-0.2, -0.15) is 31.4 Å². The number of amides is 2. The van der Waals surface area contributed by atoms with E-state index in [9.17, 15) is 45.4 Å². The van der Waals surface area contributed by atoms with Crippen molar-refractivity contribution in [1.29, 1.82) is 0 Å². The monoisotopic (exact) mass is 581 g/mol. The molecule has 1 aliphatic heterocycles. The molecule has 0 spiro atoms. The second-order valence-electron chi connectivity index (χ2n) is 9.96. The molecule has 3 heterocycles. The summed E-state index contributed by atoms with van der Waals surface area (Å²) in [5.74, 6) is -3.70. The molecule has 1 unspecified atom stereocenters. The van der Waals surface area contributed by atoms with E-state index in [0.29, 0.717) is 4.90 Å². The van der Waals surface area contributed by atoms with Crippen LogP contribution in [0.2, 0.25) is 0 Å². The fourth-order valence-corrected chi connectivity index (χ4v) is 5.05. The molecule has 4 rings (SSSR count). The largest absolute Gasteiger partial charge is 0.481 e. The van der Waals surface area contributed by atoms with Crippen LogP contribution >= 0.6 is 0 Å². The van der Waals surface area contributed by atoms with E-state index >= 15 is 0 Å². The lowest BCUT2D eigenvalue weighted by Gasteiger charge is -2.41. The second kappa shape index (κ2) is 10.9. The molecule has 0 radical (unpaired) electrons. The Morgan fingerprint density at radius 1 is 1.15 bits per heavy atom. The van der Waals surface area contributed by atoms with Crippen LogP contribution < -0.4 is 10.1 Å². The summed E-state index contributed by atoms with van der Waals surface area (Å²) in [6.45, 7) is -0.439. The molecule has 16 heteroatoms. The highest BCUT2D eigenvalue weighted by Gasteiger charge is 2.55. The van der Waals surface area contributed by atoms with Crippen molar-refractivity contribution in [3.8, 4) is 17.1 Å². The molecule has 2 fully saturated rings. The van der Waals surface area contributed by atoms with Gasteiger partial charge in [-0.1, -0.05) is 0 Å². The maximum atomic E-state index is 14.2. The maximum absolute atomic E-state index is 14.2. The third-order valence-electron chi connectivity index (χ3n) is 7.42. The number of rotatable bonds is 5. The van der Waals surface area contributed by atoms with Gasteiger partial charge in [-0.15, -0.1) is 0 Å². The highest BCUT2D eigenvalue weighted by atomic mass is 19.4. The lowest BCUT2D eigenvalue weighted by atomic mass is 9.81. The minimum Gasteiger partial charge on any atom is -0.481 e. The second-order valence-corrected chi connectivity index (χ2v) is 9.96. The smallest absolute Gasteiger partial charge is 0.417 e. The fraction of sp³-hybridized carbons (Fsp3) is 0.583. The van der Waals surface area contributed by atoms with Crippen LogP contribution in [-0.2, 0) is 4.79 Å². The lowest BCUT2D eigenvalue weighted by Crippen LogP contribution is -2.56. The molecule has 2 aromatic rings. The Morgan fingerprint density at radius 3 is 2.42 bits per heavy atom. The number of likely N-dealkylation sites (tertiary alicyclic amines) is 1. The summed E-state index contributed by atoms with van der Waals surface area (Å²) in [7, 11) is 1.30. The van der Waals surface area contributed by atoms with Crippen LogP contribution in [0.15, 0.2) is 18.3 Å². The molecule has 40 heavy (non-hydrogen) atoms. The van der Waals surface area contributed by atoms with Gasteiger partial charge in [-0.25, -0.2) is 9.37 Å². The average Bonchev–Trinajstić information content (AvgIpc) is 3.38. The fourth-order valence-electron chi connectivity index (χ4n) is 5.05. The Labute approximate surface area is 223 Å². The van der Waals surface area contributed by atoms with Crippen molar-refractivity contribution in [3.63, 3.8) is 0 Å². The molecule has 0 aromatic carbocycles. The summed E-state index contributed by atoms with van der Waals surface area (Å²) in [4.78, 5) is 30.1. The van der Waals surface area contributed by atoms with Crippen LogP contribution in [-0.4, -0.2) is 80.7 Å². The summed E-state index contributed by atoms with van der Waals surface area (Å²) in [5, 5.41) is 18.4. The van der Waals surface area contributed by atoms with Gasteiger partial charge in [0.25, 0.3) is 5.91 Å². The van der Waals surface area contributed by atoms with E-state index in [1.54, 1.807) is 0 Å². The topological polar surface area (TPSA) is 120 Å². The lowest BCUT2D eigenvalue weighted by molar-refractivity contribution is -0.270. The minimum absolute atomic E-state index is 0.0500. The molecule has 2 aliphatic rings. The molecule has 1 saturated heterocycles. The van der Waals surface area contributed by atoms with Crippen LogP contribution in [0.25, 0.3) is 11.3 Å². The Bertz CT molecular complexity index is 1240. The summed E-state index contributed by atoms with van der Waals surface area (Å²) < 4.78 is 100. The summed E-state index contributed by atoms with van der Waals surface area (Å²) in [6.07, 6.45) is -11.4. The molecular formula is C24H26F7N5O4. The SMILES string of the molecule is COc1cc(-c2cc(C(=O)N3CCC(C(=O)NC4CCC(O)(C(F)(F)F)CC4)C[C@H]3C(F)(F)F)[nH]n2)c(F)cn1. The van der Waals surface area contributed by atoms with E-state index in [4.69, 9.17) is 4.74 Å². The number of alkyl halides is 6. The molecule has 3 N–H and O–H groups in total. The molecule has 9 nitrogen and oxygen atoms in total. The van der Waals surface area contributed by atoms with E-state index in [-0.39, 0.29) is 42.1 Å². The van der Waals surface area contributed by atoms with E-state index < -0.39 is 79.4 Å². The number of carbonyl (C=O) groups is 2. The number of hydrogen-bond acceptors (Lipinski definition) is 6. The number of methoxy groups -OCH3 is 1. The van der Waals surface area contributed by atoms with Gasteiger partial charge in [-0.05, 0) is 44.6 Å². The number of hydrogen-bond donors (Lipinski definition) is 3. The number of aromatic nitrogens is 3. The number of nitrogens with one attached hydrogen (secondary N) is 2. The molecule has 2 aromatic heterocycles. The summed E-state index contributed by atoms with van der Waals surface area (Å²) in [6, 6.07) is -0.749. The number of H-pyrrole nitrogens is 1. The van der Waals surface area contributed by atoms with Gasteiger partial charge >= 0.3 is 12.4 Å². The van der Waals surface area contributed by atoms with Crippen molar-refractivity contribution in [1.82, 2.24) is 25.4 Å². The number of aromatic amines is 1. The molecule has 2 atom stereocenters. The number of ether oxygens (including phenoxy) is 1. The Balaban J connectivity index is 1.43. The van der Waals surface area contributed by atoms with Crippen molar-refractivity contribution in [2.75, 3.05) is 13.7 Å². The van der Waals surface area contributed by atoms with E-state index in [2.05, 4.69) is 20.5 Å². The first-order valence-electron chi connectivity index (χ1n) is 12.4. The minimum atomic E-state index is -4.89. The highest BCUT2D eigenvalue weighted by molar-refractivity contribution is 5.94. The van der Waals surface area contributed by atoms with Crippen molar-refractivity contribution >= 4 is 11.8 Å². The standard InChI is InChI=1S/C24H26F7N5O4/c1-40-19-9-14(15(25)11-32-19)16-10-17(35-34-16)21(38)36-7-4-12(8-18(36)23(26,27)28)20(37)33-13-2-5-22(39,6-3-13)24(29,30)31/h9-13,18,39H,2-8H2,1H3,(H,33,37)(H,34,35)/t12?,13?,18-,22?/m0/s1. The van der Waals surface area contributed by atoms with Crippen molar-refractivity contribution in [2.45, 2.75) is 68.6 Å². The first-order valence-corrected chi connectivity index (χ1v) is 12.4. The number of piperidine rings is 1. The Kier molecular flexibility index (Phi) is 8.02. The third kappa shape index (κ3) is 6.00. The van der Waals surface area contributed by atoms with Crippen LogP contribution in [0.1, 0.15) is 49.0 Å². The highest BCUT2D eigenvalue weighted by Crippen LogP contribution is 2.42. The summed E-state index contributed by atoms with van der Waals surface area (Å²) in [5.41, 5.74) is -3.35. The van der Waals surface area contributed by atoms with Gasteiger partial charge in [0.15, 0.2) is 11.4 Å². The molecule has 220 valence electrons.